The van der Waals surface area contributed by atoms with Crippen molar-refractivity contribution in [3.63, 3.8) is 0 Å². The van der Waals surface area contributed by atoms with Gasteiger partial charge in [0.1, 0.15) is 5.78 Å². The number of nitrogens with one attached hydrogen (secondary N) is 1. The number of halogens is 2. The molecule has 0 aliphatic rings. The molecule has 3 rings (SSSR count). The van der Waals surface area contributed by atoms with Crippen LogP contribution < -0.4 is 16.6 Å². The van der Waals surface area contributed by atoms with Gasteiger partial charge in [-0.2, -0.15) is 0 Å². The van der Waals surface area contributed by atoms with Crippen LogP contribution in [0.3, 0.4) is 0 Å². The van der Waals surface area contributed by atoms with Crippen LogP contribution in [0.1, 0.15) is 55.1 Å². The van der Waals surface area contributed by atoms with Gasteiger partial charge in [0, 0.05) is 43.6 Å². The number of carbonyl (C=O) groups excluding carboxylic acids is 2. The van der Waals surface area contributed by atoms with Crippen molar-refractivity contribution in [3.8, 4) is 0 Å². The van der Waals surface area contributed by atoms with Gasteiger partial charge in [-0.3, -0.25) is 23.5 Å². The number of ketones is 1. The maximum Gasteiger partial charge on any atom is 0.331 e. The van der Waals surface area contributed by atoms with Crippen LogP contribution in [0.15, 0.2) is 52.1 Å². The van der Waals surface area contributed by atoms with Crippen molar-refractivity contribution in [2.24, 2.45) is 5.92 Å². The number of aryl methyl sites for hydroxylation is 1. The lowest BCUT2D eigenvalue weighted by molar-refractivity contribution is -0.119. The molecule has 1 unspecified atom stereocenters. The van der Waals surface area contributed by atoms with E-state index in [1.165, 1.54) is 33.4 Å². The molecule has 7 nitrogen and oxygen atoms in total. The summed E-state index contributed by atoms with van der Waals surface area (Å²) in [5.74, 6) is -0.587. The zero-order valence-corrected chi connectivity index (χ0v) is 20.0. The Morgan fingerprint density at radius 3 is 2.23 bits per heavy atom. The van der Waals surface area contributed by atoms with Crippen LogP contribution in [0.2, 0.25) is 0 Å². The zero-order chi connectivity index (χ0) is 25.7. The average molecular weight is 486 g/mol. The molecule has 0 aliphatic carbocycles. The Morgan fingerprint density at radius 1 is 0.971 bits per heavy atom. The van der Waals surface area contributed by atoms with Gasteiger partial charge in [-0.1, -0.05) is 25.1 Å². The molecular formula is C26H29F2N3O4. The van der Waals surface area contributed by atoms with Crippen molar-refractivity contribution in [2.75, 3.05) is 6.54 Å². The maximum atomic E-state index is 12.8. The first-order valence-corrected chi connectivity index (χ1v) is 11.6. The number of Topliss-reactive ketones (excluding diaryl/α,β-unsaturated/α-hetero) is 1. The molecule has 0 bridgehead atoms. The van der Waals surface area contributed by atoms with Crippen LogP contribution >= 0.6 is 0 Å². The van der Waals surface area contributed by atoms with E-state index in [2.05, 4.69) is 5.32 Å². The third-order valence-corrected chi connectivity index (χ3v) is 5.93. The number of aromatic nitrogens is 2. The van der Waals surface area contributed by atoms with Crippen LogP contribution in [0, 0.1) is 5.92 Å². The lowest BCUT2D eigenvalue weighted by Gasteiger charge is -2.14. The van der Waals surface area contributed by atoms with Crippen molar-refractivity contribution in [2.45, 2.75) is 53.1 Å². The van der Waals surface area contributed by atoms with Crippen molar-refractivity contribution in [1.29, 1.82) is 0 Å². The molecule has 1 heterocycles. The van der Waals surface area contributed by atoms with E-state index in [4.69, 9.17) is 0 Å². The third kappa shape index (κ3) is 5.90. The molecule has 186 valence electrons. The predicted octanol–water partition coefficient (Wildman–Crippen LogP) is 3.71. The Bertz CT molecular complexity index is 1340. The number of alkyl halides is 2. The van der Waals surface area contributed by atoms with E-state index in [-0.39, 0.29) is 60.0 Å². The molecule has 2 aromatic carbocycles. The van der Waals surface area contributed by atoms with Gasteiger partial charge in [0.05, 0.1) is 10.9 Å². The number of nitrogens with zero attached hydrogens (tertiary/aromatic N) is 2. The Morgan fingerprint density at radius 2 is 1.63 bits per heavy atom. The SMILES string of the molecule is CCn1c(=O)c2cc(CC(=O)CC(C)CNC(=O)c3ccc(C(F)F)cc3)ccc2n(CC)c1=O. The van der Waals surface area contributed by atoms with Crippen LogP contribution in [0.5, 0.6) is 0 Å². The van der Waals surface area contributed by atoms with Gasteiger partial charge in [0.15, 0.2) is 0 Å². The molecular weight excluding hydrogens is 456 g/mol. The van der Waals surface area contributed by atoms with Gasteiger partial charge in [-0.15, -0.1) is 0 Å². The first kappa shape index (κ1) is 26.0. The fraction of sp³-hybridized carbons (Fsp3) is 0.385. The third-order valence-electron chi connectivity index (χ3n) is 5.93. The minimum absolute atomic E-state index is 0.0491. The predicted molar refractivity (Wildman–Crippen MR) is 130 cm³/mol. The standard InChI is InChI=1S/C26H29F2N3O4/c1-4-30-22-11-6-17(14-21(22)25(34)31(5-2)26(30)35)13-20(32)12-16(3)15-29-24(33)19-9-7-18(8-10-19)23(27)28/h6-11,14,16,23H,4-5,12-13,15H2,1-3H3,(H,29,33). The molecule has 9 heteroatoms. The summed E-state index contributed by atoms with van der Waals surface area (Å²) in [6.45, 7) is 6.34. The summed E-state index contributed by atoms with van der Waals surface area (Å²) in [5.41, 5.74) is 0.620. The lowest BCUT2D eigenvalue weighted by atomic mass is 9.98. The number of amides is 1. The molecule has 35 heavy (non-hydrogen) atoms. The molecule has 0 saturated heterocycles. The minimum Gasteiger partial charge on any atom is -0.352 e. The van der Waals surface area contributed by atoms with E-state index in [1.54, 1.807) is 25.1 Å². The van der Waals surface area contributed by atoms with E-state index in [0.717, 1.165) is 0 Å². The topological polar surface area (TPSA) is 90.2 Å². The fourth-order valence-electron chi connectivity index (χ4n) is 4.07. The normalized spacial score (nSPS) is 12.2. The van der Waals surface area contributed by atoms with E-state index in [9.17, 15) is 28.0 Å². The summed E-state index contributed by atoms with van der Waals surface area (Å²) in [6, 6.07) is 10.2. The molecule has 1 amide bonds. The Hall–Kier alpha value is -3.62. The minimum atomic E-state index is -2.59. The van der Waals surface area contributed by atoms with E-state index < -0.39 is 12.3 Å². The summed E-state index contributed by atoms with van der Waals surface area (Å²) >= 11 is 0. The first-order chi connectivity index (χ1) is 16.7. The highest BCUT2D eigenvalue weighted by atomic mass is 19.3. The zero-order valence-electron chi connectivity index (χ0n) is 20.0. The highest BCUT2D eigenvalue weighted by Crippen LogP contribution is 2.19. The van der Waals surface area contributed by atoms with Gasteiger partial charge in [0.25, 0.3) is 17.9 Å². The second-order valence-corrected chi connectivity index (χ2v) is 8.59. The van der Waals surface area contributed by atoms with Crippen LogP contribution in [0.4, 0.5) is 8.78 Å². The largest absolute Gasteiger partial charge is 0.352 e. The van der Waals surface area contributed by atoms with Gasteiger partial charge in [0.2, 0.25) is 0 Å². The highest BCUT2D eigenvalue weighted by molar-refractivity contribution is 5.94. The molecule has 1 N–H and O–H groups in total. The van der Waals surface area contributed by atoms with Crippen molar-refractivity contribution < 1.29 is 18.4 Å². The lowest BCUT2D eigenvalue weighted by Crippen LogP contribution is -2.39. The average Bonchev–Trinajstić information content (AvgIpc) is 2.83. The molecule has 0 saturated carbocycles. The molecule has 0 aliphatic heterocycles. The molecule has 1 aromatic heterocycles. The van der Waals surface area contributed by atoms with Crippen LogP contribution in [-0.4, -0.2) is 27.4 Å². The number of hydrogen-bond acceptors (Lipinski definition) is 4. The van der Waals surface area contributed by atoms with Crippen molar-refractivity contribution >= 4 is 22.6 Å². The van der Waals surface area contributed by atoms with Gasteiger partial charge in [-0.05, 0) is 49.6 Å². The smallest absolute Gasteiger partial charge is 0.331 e. The summed E-state index contributed by atoms with van der Waals surface area (Å²) in [5, 5.41) is 3.12. The number of fused-ring (bicyclic) bond motifs is 1. The highest BCUT2D eigenvalue weighted by Gasteiger charge is 2.16. The van der Waals surface area contributed by atoms with E-state index in [1.807, 2.05) is 13.8 Å². The second kappa shape index (κ2) is 11.2. The maximum absolute atomic E-state index is 12.8. The Labute approximate surface area is 201 Å². The van der Waals surface area contributed by atoms with E-state index >= 15 is 0 Å². The quantitative estimate of drug-likeness (QED) is 0.474. The number of carbonyl (C=O) groups is 2. The fourth-order valence-corrected chi connectivity index (χ4v) is 4.07. The molecule has 1 atom stereocenters. The van der Waals surface area contributed by atoms with Gasteiger partial charge >= 0.3 is 5.69 Å². The number of hydrogen-bond donors (Lipinski definition) is 1. The summed E-state index contributed by atoms with van der Waals surface area (Å²) in [7, 11) is 0. The van der Waals surface area contributed by atoms with Gasteiger partial charge < -0.3 is 5.32 Å². The van der Waals surface area contributed by atoms with Crippen molar-refractivity contribution in [3.05, 3.63) is 80.0 Å². The monoisotopic (exact) mass is 485 g/mol. The first-order valence-electron chi connectivity index (χ1n) is 11.6. The summed E-state index contributed by atoms with van der Waals surface area (Å²) < 4.78 is 28.0. The van der Waals surface area contributed by atoms with Gasteiger partial charge in [-0.25, -0.2) is 13.6 Å². The molecule has 0 radical (unpaired) electrons. The number of rotatable bonds is 10. The Balaban J connectivity index is 1.63. The van der Waals surface area contributed by atoms with Crippen LogP contribution in [0.25, 0.3) is 10.9 Å². The molecule has 3 aromatic rings. The number of benzene rings is 2. The van der Waals surface area contributed by atoms with E-state index in [0.29, 0.717) is 23.0 Å². The Kier molecular flexibility index (Phi) is 8.32. The molecule has 0 spiro atoms. The van der Waals surface area contributed by atoms with Crippen LogP contribution in [-0.2, 0) is 24.3 Å². The summed E-state index contributed by atoms with van der Waals surface area (Å²) in [6.07, 6.45) is -2.25. The second-order valence-electron chi connectivity index (χ2n) is 8.59. The van der Waals surface area contributed by atoms with Crippen molar-refractivity contribution in [1.82, 2.24) is 14.5 Å². The molecule has 0 fully saturated rings. The summed E-state index contributed by atoms with van der Waals surface area (Å²) in [4.78, 5) is 50.2.